The van der Waals surface area contributed by atoms with Crippen LogP contribution < -0.4 is 5.32 Å². The summed E-state index contributed by atoms with van der Waals surface area (Å²) in [4.78, 5) is 10.1. The number of nitrogens with one attached hydrogen (secondary N) is 1. The fourth-order valence-corrected chi connectivity index (χ4v) is 1.43. The molecular formula is C10H17NO2. The van der Waals surface area contributed by atoms with Crippen molar-refractivity contribution in [1.82, 2.24) is 5.32 Å². The Bertz CT molecular complexity index is 185. The van der Waals surface area contributed by atoms with Crippen LogP contribution in [0, 0.1) is 5.92 Å². The van der Waals surface area contributed by atoms with Crippen LogP contribution in [0.4, 0.5) is 0 Å². The van der Waals surface area contributed by atoms with Gasteiger partial charge in [0, 0.05) is 12.6 Å². The van der Waals surface area contributed by atoms with Crippen LogP contribution in [0.15, 0.2) is 12.2 Å². The van der Waals surface area contributed by atoms with Gasteiger partial charge in [-0.15, -0.1) is 0 Å². The summed E-state index contributed by atoms with van der Waals surface area (Å²) in [5.74, 6) is 0.0525. The number of rotatable bonds is 6. The van der Waals surface area contributed by atoms with Gasteiger partial charge in [0.1, 0.15) is 0 Å². The van der Waals surface area contributed by atoms with Crippen molar-refractivity contribution in [1.29, 1.82) is 0 Å². The van der Waals surface area contributed by atoms with E-state index in [4.69, 9.17) is 5.11 Å². The summed E-state index contributed by atoms with van der Waals surface area (Å²) in [5, 5.41) is 11.5. The second-order valence-corrected chi connectivity index (χ2v) is 3.53. The Balaban J connectivity index is 1.86. The zero-order chi connectivity index (χ0) is 9.52. The molecular weight excluding hydrogens is 166 g/mol. The molecule has 13 heavy (non-hydrogen) atoms. The van der Waals surface area contributed by atoms with Crippen LogP contribution in [0.1, 0.15) is 25.7 Å². The zero-order valence-electron chi connectivity index (χ0n) is 7.83. The predicted octanol–water partition coefficient (Wildman–Crippen LogP) is 1.41. The highest BCUT2D eigenvalue weighted by molar-refractivity contribution is 5.79. The van der Waals surface area contributed by atoms with Crippen LogP contribution in [0.2, 0.25) is 0 Å². The molecule has 0 radical (unpaired) electrons. The second-order valence-electron chi connectivity index (χ2n) is 3.53. The van der Waals surface area contributed by atoms with Gasteiger partial charge in [0.05, 0.1) is 0 Å². The minimum atomic E-state index is -0.874. The van der Waals surface area contributed by atoms with Crippen LogP contribution in [0.3, 0.4) is 0 Å². The van der Waals surface area contributed by atoms with Gasteiger partial charge < -0.3 is 10.4 Å². The van der Waals surface area contributed by atoms with E-state index in [-0.39, 0.29) is 0 Å². The molecule has 0 aliphatic heterocycles. The van der Waals surface area contributed by atoms with Gasteiger partial charge in [-0.2, -0.15) is 0 Å². The molecule has 0 bridgehead atoms. The Morgan fingerprint density at radius 2 is 2.31 bits per heavy atom. The largest absolute Gasteiger partial charge is 0.478 e. The molecule has 1 aliphatic rings. The minimum Gasteiger partial charge on any atom is -0.478 e. The van der Waals surface area contributed by atoms with E-state index in [1.165, 1.54) is 31.8 Å². The first-order chi connectivity index (χ1) is 6.29. The summed E-state index contributed by atoms with van der Waals surface area (Å²) >= 11 is 0. The van der Waals surface area contributed by atoms with Gasteiger partial charge in [0.2, 0.25) is 0 Å². The van der Waals surface area contributed by atoms with Crippen molar-refractivity contribution in [2.75, 3.05) is 13.1 Å². The highest BCUT2D eigenvalue weighted by Crippen LogP contribution is 2.28. The summed E-state index contributed by atoms with van der Waals surface area (Å²) < 4.78 is 0. The number of aliphatic carboxylic acids is 1. The molecule has 3 heteroatoms. The topological polar surface area (TPSA) is 49.3 Å². The van der Waals surface area contributed by atoms with Crippen molar-refractivity contribution < 1.29 is 9.90 Å². The quantitative estimate of drug-likeness (QED) is 0.483. The van der Waals surface area contributed by atoms with E-state index in [0.717, 1.165) is 12.5 Å². The van der Waals surface area contributed by atoms with E-state index in [2.05, 4.69) is 5.32 Å². The number of hydrogen-bond acceptors (Lipinski definition) is 2. The van der Waals surface area contributed by atoms with E-state index in [9.17, 15) is 4.79 Å². The van der Waals surface area contributed by atoms with E-state index >= 15 is 0 Å². The zero-order valence-corrected chi connectivity index (χ0v) is 7.83. The fourth-order valence-electron chi connectivity index (χ4n) is 1.43. The van der Waals surface area contributed by atoms with Gasteiger partial charge in [-0.3, -0.25) is 0 Å². The number of carboxylic acid groups (broad SMARTS) is 1. The highest BCUT2D eigenvalue weighted by atomic mass is 16.4. The third kappa shape index (κ3) is 4.68. The smallest absolute Gasteiger partial charge is 0.328 e. The van der Waals surface area contributed by atoms with E-state index in [1.807, 2.05) is 0 Å². The molecule has 0 spiro atoms. The first-order valence-electron chi connectivity index (χ1n) is 4.89. The molecule has 0 aromatic heterocycles. The Hall–Kier alpha value is -0.830. The van der Waals surface area contributed by atoms with Crippen molar-refractivity contribution in [2.24, 2.45) is 5.92 Å². The van der Waals surface area contributed by atoms with Crippen molar-refractivity contribution in [3.05, 3.63) is 12.2 Å². The Kier molecular flexibility index (Phi) is 4.54. The van der Waals surface area contributed by atoms with Crippen LogP contribution >= 0.6 is 0 Å². The monoisotopic (exact) mass is 183 g/mol. The number of hydrogen-bond donors (Lipinski definition) is 2. The molecule has 0 amide bonds. The molecule has 74 valence electrons. The number of carboxylic acids is 1. The van der Waals surface area contributed by atoms with Crippen molar-refractivity contribution in [3.63, 3.8) is 0 Å². The standard InChI is InChI=1S/C10H17NO2/c12-10(13)5-2-7-11-8-6-9-3-1-4-9/h2,5,9,11H,1,3-4,6-8H2,(H,12,13)/b5-2+. The molecule has 0 unspecified atom stereocenters. The molecule has 0 heterocycles. The first kappa shape index (κ1) is 10.3. The summed E-state index contributed by atoms with van der Waals surface area (Å²) in [6.07, 6.45) is 8.21. The van der Waals surface area contributed by atoms with Crippen LogP contribution in [-0.4, -0.2) is 24.2 Å². The molecule has 1 aliphatic carbocycles. The maximum absolute atomic E-state index is 10.1. The molecule has 3 nitrogen and oxygen atoms in total. The van der Waals surface area contributed by atoms with E-state index in [1.54, 1.807) is 6.08 Å². The normalized spacial score (nSPS) is 17.5. The lowest BCUT2D eigenvalue weighted by molar-refractivity contribution is -0.131. The Morgan fingerprint density at radius 3 is 2.85 bits per heavy atom. The molecule has 1 rings (SSSR count). The maximum atomic E-state index is 10.1. The average Bonchev–Trinajstić information content (AvgIpc) is 1.99. The molecule has 1 saturated carbocycles. The van der Waals surface area contributed by atoms with Gasteiger partial charge in [0.25, 0.3) is 0 Å². The first-order valence-corrected chi connectivity index (χ1v) is 4.89. The summed E-state index contributed by atoms with van der Waals surface area (Å²) in [7, 11) is 0. The lowest BCUT2D eigenvalue weighted by Crippen LogP contribution is -2.21. The second kappa shape index (κ2) is 5.75. The Labute approximate surface area is 78.8 Å². The van der Waals surface area contributed by atoms with Gasteiger partial charge in [0.15, 0.2) is 0 Å². The molecule has 0 saturated heterocycles. The lowest BCUT2D eigenvalue weighted by atomic mass is 9.83. The van der Waals surface area contributed by atoms with Crippen molar-refractivity contribution in [3.8, 4) is 0 Å². The Morgan fingerprint density at radius 1 is 1.54 bits per heavy atom. The predicted molar refractivity (Wildman–Crippen MR) is 51.6 cm³/mol. The van der Waals surface area contributed by atoms with Crippen molar-refractivity contribution >= 4 is 5.97 Å². The minimum absolute atomic E-state index is 0.666. The van der Waals surface area contributed by atoms with Gasteiger partial charge in [-0.1, -0.05) is 25.3 Å². The summed E-state index contributed by atoms with van der Waals surface area (Å²) in [6.45, 7) is 1.67. The van der Waals surface area contributed by atoms with E-state index < -0.39 is 5.97 Å². The molecule has 0 aromatic carbocycles. The van der Waals surface area contributed by atoms with Gasteiger partial charge in [-0.25, -0.2) is 4.79 Å². The third-order valence-electron chi connectivity index (χ3n) is 2.48. The highest BCUT2D eigenvalue weighted by Gasteiger charge is 2.15. The number of carbonyl (C=O) groups is 1. The lowest BCUT2D eigenvalue weighted by Gasteiger charge is -2.24. The molecule has 2 N–H and O–H groups in total. The van der Waals surface area contributed by atoms with Crippen molar-refractivity contribution in [2.45, 2.75) is 25.7 Å². The van der Waals surface area contributed by atoms with Gasteiger partial charge >= 0.3 is 5.97 Å². The third-order valence-corrected chi connectivity index (χ3v) is 2.48. The molecule has 1 fully saturated rings. The van der Waals surface area contributed by atoms with E-state index in [0.29, 0.717) is 6.54 Å². The SMILES string of the molecule is O=C(O)/C=C/CNCCC1CCC1. The molecule has 0 atom stereocenters. The van der Waals surface area contributed by atoms with Crippen LogP contribution in [-0.2, 0) is 4.79 Å². The van der Waals surface area contributed by atoms with Crippen LogP contribution in [0.25, 0.3) is 0 Å². The van der Waals surface area contributed by atoms with Gasteiger partial charge in [-0.05, 0) is 18.9 Å². The summed E-state index contributed by atoms with van der Waals surface area (Å²) in [5.41, 5.74) is 0. The maximum Gasteiger partial charge on any atom is 0.328 e. The average molecular weight is 183 g/mol. The summed E-state index contributed by atoms with van der Waals surface area (Å²) in [6, 6.07) is 0. The van der Waals surface area contributed by atoms with Crippen LogP contribution in [0.5, 0.6) is 0 Å². The molecule has 0 aromatic rings. The fraction of sp³-hybridized carbons (Fsp3) is 0.700.